The van der Waals surface area contributed by atoms with E-state index < -0.39 is 23.5 Å². The van der Waals surface area contributed by atoms with Gasteiger partial charge in [-0.25, -0.2) is 13.2 Å². The van der Waals surface area contributed by atoms with Gasteiger partial charge in [-0.3, -0.25) is 4.68 Å². The molecule has 2 rings (SSSR count). The lowest BCUT2D eigenvalue weighted by Crippen LogP contribution is -2.24. The Morgan fingerprint density at radius 3 is 2.43 bits per heavy atom. The summed E-state index contributed by atoms with van der Waals surface area (Å²) in [4.78, 5) is 0. The lowest BCUT2D eigenvalue weighted by Gasteiger charge is -2.19. The van der Waals surface area contributed by atoms with Crippen LogP contribution in [0.4, 0.5) is 13.2 Å². The molecule has 0 bridgehead atoms. The average Bonchev–Trinajstić information content (AvgIpc) is 2.80. The first-order valence-corrected chi connectivity index (χ1v) is 6.86. The summed E-state index contributed by atoms with van der Waals surface area (Å²) in [6, 6.07) is 0.926. The smallest absolute Gasteiger partial charge is 0.133 e. The third kappa shape index (κ3) is 3.85. The van der Waals surface area contributed by atoms with Crippen molar-refractivity contribution >= 4 is 0 Å². The SMILES string of the molecule is CCNC(CCc1cnn(C)c1)c1c(F)cc(F)cc1F. The molecule has 0 aliphatic heterocycles. The molecular formula is C15H18F3N3. The maximum atomic E-state index is 13.9. The van der Waals surface area contributed by atoms with Gasteiger partial charge in [0.05, 0.1) is 6.20 Å². The van der Waals surface area contributed by atoms with Gasteiger partial charge in [0.15, 0.2) is 0 Å². The fraction of sp³-hybridized carbons (Fsp3) is 0.400. The van der Waals surface area contributed by atoms with Crippen LogP contribution in [0.1, 0.15) is 30.5 Å². The van der Waals surface area contributed by atoms with Crippen LogP contribution >= 0.6 is 0 Å². The number of benzene rings is 1. The molecular weight excluding hydrogens is 279 g/mol. The molecule has 1 aromatic carbocycles. The lowest BCUT2D eigenvalue weighted by molar-refractivity contribution is 0.446. The summed E-state index contributed by atoms with van der Waals surface area (Å²) in [5.41, 5.74) is 0.880. The first-order chi connectivity index (χ1) is 10.0. The topological polar surface area (TPSA) is 29.9 Å². The highest BCUT2D eigenvalue weighted by Gasteiger charge is 2.20. The number of halogens is 3. The first-order valence-electron chi connectivity index (χ1n) is 6.86. The first kappa shape index (κ1) is 15.6. The Hall–Kier alpha value is -1.82. The third-order valence-corrected chi connectivity index (χ3v) is 3.32. The van der Waals surface area contributed by atoms with Gasteiger partial charge in [-0.2, -0.15) is 5.10 Å². The average molecular weight is 297 g/mol. The summed E-state index contributed by atoms with van der Waals surface area (Å²) in [5.74, 6) is -2.62. The summed E-state index contributed by atoms with van der Waals surface area (Å²) in [6.07, 6.45) is 4.71. The molecule has 1 unspecified atom stereocenters. The molecule has 0 amide bonds. The molecule has 1 heterocycles. The van der Waals surface area contributed by atoms with Gasteiger partial charge in [-0.1, -0.05) is 6.92 Å². The second-order valence-electron chi connectivity index (χ2n) is 4.95. The van der Waals surface area contributed by atoms with Crippen molar-refractivity contribution in [1.82, 2.24) is 15.1 Å². The Balaban J connectivity index is 2.18. The van der Waals surface area contributed by atoms with Gasteiger partial charge >= 0.3 is 0 Å². The third-order valence-electron chi connectivity index (χ3n) is 3.32. The van der Waals surface area contributed by atoms with Crippen LogP contribution in [-0.2, 0) is 13.5 Å². The van der Waals surface area contributed by atoms with Gasteiger partial charge < -0.3 is 5.32 Å². The van der Waals surface area contributed by atoms with E-state index in [-0.39, 0.29) is 5.56 Å². The maximum Gasteiger partial charge on any atom is 0.133 e. The van der Waals surface area contributed by atoms with E-state index in [9.17, 15) is 13.2 Å². The van der Waals surface area contributed by atoms with Crippen molar-refractivity contribution in [2.24, 2.45) is 7.05 Å². The predicted molar refractivity (Wildman–Crippen MR) is 74.3 cm³/mol. The fourth-order valence-corrected chi connectivity index (χ4v) is 2.39. The largest absolute Gasteiger partial charge is 0.310 e. The zero-order valence-electron chi connectivity index (χ0n) is 12.0. The summed E-state index contributed by atoms with van der Waals surface area (Å²) in [5, 5.41) is 7.11. The van der Waals surface area contributed by atoms with Crippen LogP contribution in [-0.4, -0.2) is 16.3 Å². The Labute approximate surface area is 121 Å². The molecule has 1 aromatic heterocycles. The van der Waals surface area contributed by atoms with E-state index in [0.717, 1.165) is 5.56 Å². The van der Waals surface area contributed by atoms with E-state index in [2.05, 4.69) is 10.4 Å². The lowest BCUT2D eigenvalue weighted by atomic mass is 9.99. The molecule has 3 nitrogen and oxygen atoms in total. The molecule has 6 heteroatoms. The normalized spacial score (nSPS) is 12.6. The van der Waals surface area contributed by atoms with E-state index in [1.54, 1.807) is 10.9 Å². The number of nitrogens with one attached hydrogen (secondary N) is 1. The monoisotopic (exact) mass is 297 g/mol. The van der Waals surface area contributed by atoms with E-state index >= 15 is 0 Å². The van der Waals surface area contributed by atoms with Gasteiger partial charge in [0, 0.05) is 37.0 Å². The van der Waals surface area contributed by atoms with E-state index in [1.165, 1.54) is 0 Å². The molecule has 1 atom stereocenters. The molecule has 0 fully saturated rings. The van der Waals surface area contributed by atoms with E-state index in [1.807, 2.05) is 20.2 Å². The van der Waals surface area contributed by atoms with Crippen LogP contribution in [0.3, 0.4) is 0 Å². The Bertz CT molecular complexity index is 587. The number of aromatic nitrogens is 2. The fourth-order valence-electron chi connectivity index (χ4n) is 2.39. The number of nitrogens with zero attached hydrogens (tertiary/aromatic N) is 2. The highest BCUT2D eigenvalue weighted by atomic mass is 19.1. The van der Waals surface area contributed by atoms with Gasteiger partial charge in [-0.15, -0.1) is 0 Å². The molecule has 0 aliphatic rings. The van der Waals surface area contributed by atoms with Crippen molar-refractivity contribution in [3.8, 4) is 0 Å². The second kappa shape index (κ2) is 6.76. The Morgan fingerprint density at radius 1 is 1.24 bits per heavy atom. The van der Waals surface area contributed by atoms with Crippen LogP contribution in [0, 0.1) is 17.5 Å². The number of hydrogen-bond acceptors (Lipinski definition) is 2. The molecule has 0 radical (unpaired) electrons. The van der Waals surface area contributed by atoms with Gasteiger partial charge in [0.1, 0.15) is 17.5 Å². The molecule has 0 spiro atoms. The van der Waals surface area contributed by atoms with Crippen molar-refractivity contribution < 1.29 is 13.2 Å². The van der Waals surface area contributed by atoms with Gasteiger partial charge in [0.25, 0.3) is 0 Å². The molecule has 114 valence electrons. The Morgan fingerprint density at radius 2 is 1.90 bits per heavy atom. The molecule has 0 saturated heterocycles. The molecule has 0 aliphatic carbocycles. The number of rotatable bonds is 6. The van der Waals surface area contributed by atoms with Crippen LogP contribution in [0.2, 0.25) is 0 Å². The summed E-state index contributed by atoms with van der Waals surface area (Å²) in [6.45, 7) is 2.42. The predicted octanol–water partition coefficient (Wildman–Crippen LogP) is 3.12. The number of aryl methyl sites for hydroxylation is 2. The van der Waals surface area contributed by atoms with Crippen molar-refractivity contribution in [2.75, 3.05) is 6.54 Å². The Kier molecular flexibility index (Phi) is 5.01. The summed E-state index contributed by atoms with van der Waals surface area (Å²) < 4.78 is 42.4. The van der Waals surface area contributed by atoms with Crippen molar-refractivity contribution in [1.29, 1.82) is 0 Å². The van der Waals surface area contributed by atoms with Crippen LogP contribution in [0.5, 0.6) is 0 Å². The molecule has 0 saturated carbocycles. The van der Waals surface area contributed by atoms with Crippen LogP contribution in [0.25, 0.3) is 0 Å². The van der Waals surface area contributed by atoms with E-state index in [0.29, 0.717) is 31.5 Å². The minimum Gasteiger partial charge on any atom is -0.310 e. The van der Waals surface area contributed by atoms with Crippen molar-refractivity contribution in [3.63, 3.8) is 0 Å². The molecule has 2 aromatic rings. The summed E-state index contributed by atoms with van der Waals surface area (Å²) >= 11 is 0. The second-order valence-corrected chi connectivity index (χ2v) is 4.95. The van der Waals surface area contributed by atoms with Crippen molar-refractivity contribution in [2.45, 2.75) is 25.8 Å². The molecule has 21 heavy (non-hydrogen) atoms. The highest BCUT2D eigenvalue weighted by Crippen LogP contribution is 2.25. The standard InChI is InChI=1S/C15H18F3N3/c1-3-19-14(5-4-10-8-20-21(2)9-10)15-12(17)6-11(16)7-13(15)18/h6-9,14,19H,3-5H2,1-2H3. The van der Waals surface area contributed by atoms with Crippen molar-refractivity contribution in [3.05, 3.63) is 53.1 Å². The maximum absolute atomic E-state index is 13.9. The zero-order valence-corrected chi connectivity index (χ0v) is 12.0. The van der Waals surface area contributed by atoms with Gasteiger partial charge in [-0.05, 0) is 24.9 Å². The van der Waals surface area contributed by atoms with Crippen LogP contribution < -0.4 is 5.32 Å². The number of hydrogen-bond donors (Lipinski definition) is 1. The molecule has 1 N–H and O–H groups in total. The van der Waals surface area contributed by atoms with E-state index in [4.69, 9.17) is 0 Å². The van der Waals surface area contributed by atoms with Crippen LogP contribution in [0.15, 0.2) is 24.5 Å². The zero-order chi connectivity index (χ0) is 15.4. The van der Waals surface area contributed by atoms with Gasteiger partial charge in [0.2, 0.25) is 0 Å². The minimum atomic E-state index is -0.906. The quantitative estimate of drug-likeness (QED) is 0.888. The highest BCUT2D eigenvalue weighted by molar-refractivity contribution is 5.24. The minimum absolute atomic E-state index is 0.109. The summed E-state index contributed by atoms with van der Waals surface area (Å²) in [7, 11) is 1.81.